The fourth-order valence-electron chi connectivity index (χ4n) is 2.99. The van der Waals surface area contributed by atoms with E-state index in [4.69, 9.17) is 5.73 Å². The molecule has 3 N–H and O–H groups in total. The van der Waals surface area contributed by atoms with Crippen LogP contribution < -0.4 is 11.1 Å². The van der Waals surface area contributed by atoms with Crippen molar-refractivity contribution in [3.8, 4) is 5.69 Å². The summed E-state index contributed by atoms with van der Waals surface area (Å²) in [5, 5.41) is 7.66. The predicted molar refractivity (Wildman–Crippen MR) is 106 cm³/mol. The average Bonchev–Trinajstić information content (AvgIpc) is 2.95. The minimum atomic E-state index is -0.444. The zero-order valence-corrected chi connectivity index (χ0v) is 16.9. The zero-order chi connectivity index (χ0) is 17.3. The molecule has 1 amide bonds. The van der Waals surface area contributed by atoms with Gasteiger partial charge in [-0.1, -0.05) is 15.9 Å². The van der Waals surface area contributed by atoms with Crippen molar-refractivity contribution in [1.82, 2.24) is 15.1 Å². The highest BCUT2D eigenvalue weighted by Crippen LogP contribution is 2.27. The molecule has 136 valence electrons. The third kappa shape index (κ3) is 4.25. The van der Waals surface area contributed by atoms with Gasteiger partial charge < -0.3 is 11.1 Å². The summed E-state index contributed by atoms with van der Waals surface area (Å²) in [5.74, 6) is -0.139. The molecule has 0 spiro atoms. The van der Waals surface area contributed by atoms with Crippen molar-refractivity contribution in [2.75, 3.05) is 6.54 Å². The summed E-state index contributed by atoms with van der Waals surface area (Å²) < 4.78 is 2.95. The molecule has 1 aromatic carbocycles. The largest absolute Gasteiger partial charge is 0.344 e. The van der Waals surface area contributed by atoms with Crippen LogP contribution in [-0.4, -0.2) is 27.8 Å². The smallest absolute Gasteiger partial charge is 0.272 e. The van der Waals surface area contributed by atoms with E-state index in [1.54, 1.807) is 0 Å². The van der Waals surface area contributed by atoms with Crippen molar-refractivity contribution in [1.29, 1.82) is 0 Å². The standard InChI is InChI=1S/C18H23BrN4O.ClH/c1-18(2,11-20)21-17(24)16-14-5-3-4-6-15(14)23(22-16)13-9-7-12(19)8-10-13;/h7-10H,3-6,11,20H2,1-2H3,(H,21,24);1H. The molecule has 1 aliphatic rings. The molecule has 0 radical (unpaired) electrons. The second-order valence-corrected chi connectivity index (χ2v) is 7.83. The first-order chi connectivity index (χ1) is 11.4. The van der Waals surface area contributed by atoms with Gasteiger partial charge in [0.05, 0.1) is 5.69 Å². The van der Waals surface area contributed by atoms with E-state index in [1.165, 1.54) is 0 Å². The van der Waals surface area contributed by atoms with Crippen molar-refractivity contribution in [3.63, 3.8) is 0 Å². The van der Waals surface area contributed by atoms with Gasteiger partial charge in [0.1, 0.15) is 0 Å². The Labute approximate surface area is 162 Å². The molecule has 0 saturated heterocycles. The number of hydrogen-bond donors (Lipinski definition) is 2. The molecule has 25 heavy (non-hydrogen) atoms. The number of nitrogens with one attached hydrogen (secondary N) is 1. The highest BCUT2D eigenvalue weighted by Gasteiger charge is 2.28. The van der Waals surface area contributed by atoms with Crippen LogP contribution >= 0.6 is 28.3 Å². The van der Waals surface area contributed by atoms with Crippen LogP contribution in [0.15, 0.2) is 28.7 Å². The lowest BCUT2D eigenvalue weighted by Gasteiger charge is -2.24. The van der Waals surface area contributed by atoms with Crippen LogP contribution in [0.4, 0.5) is 0 Å². The maximum Gasteiger partial charge on any atom is 0.272 e. The molecule has 5 nitrogen and oxygen atoms in total. The number of carbonyl (C=O) groups is 1. The van der Waals surface area contributed by atoms with E-state index >= 15 is 0 Å². The van der Waals surface area contributed by atoms with Crippen molar-refractivity contribution in [2.45, 2.75) is 45.1 Å². The summed E-state index contributed by atoms with van der Waals surface area (Å²) in [6.45, 7) is 4.22. The maximum absolute atomic E-state index is 12.7. The summed E-state index contributed by atoms with van der Waals surface area (Å²) in [7, 11) is 0. The SMILES string of the molecule is CC(C)(CN)NC(=O)c1nn(-c2ccc(Br)cc2)c2c1CCCC2.Cl. The van der Waals surface area contributed by atoms with Gasteiger partial charge in [-0.05, 0) is 63.8 Å². The number of aromatic nitrogens is 2. The molecule has 3 rings (SSSR count). The molecule has 0 unspecified atom stereocenters. The molecule has 0 bridgehead atoms. The molecule has 0 saturated carbocycles. The third-order valence-electron chi connectivity index (χ3n) is 4.43. The van der Waals surface area contributed by atoms with E-state index in [9.17, 15) is 4.79 Å². The number of hydrogen-bond acceptors (Lipinski definition) is 3. The average molecular weight is 428 g/mol. The first-order valence-electron chi connectivity index (χ1n) is 8.30. The molecule has 7 heteroatoms. The van der Waals surface area contributed by atoms with Gasteiger partial charge in [-0.25, -0.2) is 4.68 Å². The van der Waals surface area contributed by atoms with Crippen LogP contribution in [0, 0.1) is 0 Å². The summed E-state index contributed by atoms with van der Waals surface area (Å²) in [6.07, 6.45) is 4.08. The molecule has 1 aromatic heterocycles. The van der Waals surface area contributed by atoms with Crippen LogP contribution in [-0.2, 0) is 12.8 Å². The first-order valence-corrected chi connectivity index (χ1v) is 9.10. The highest BCUT2D eigenvalue weighted by molar-refractivity contribution is 9.10. The number of benzene rings is 1. The van der Waals surface area contributed by atoms with Gasteiger partial charge >= 0.3 is 0 Å². The first kappa shape index (κ1) is 19.9. The number of carbonyl (C=O) groups excluding carboxylic acids is 1. The van der Waals surface area contributed by atoms with Crippen molar-refractivity contribution in [3.05, 3.63) is 45.7 Å². The fourth-order valence-corrected chi connectivity index (χ4v) is 3.26. The maximum atomic E-state index is 12.7. The predicted octanol–water partition coefficient (Wildman–Crippen LogP) is 3.40. The van der Waals surface area contributed by atoms with E-state index < -0.39 is 5.54 Å². The Kier molecular flexibility index (Phi) is 6.30. The summed E-state index contributed by atoms with van der Waals surface area (Å²) in [4.78, 5) is 12.7. The number of amides is 1. The van der Waals surface area contributed by atoms with Gasteiger partial charge in [-0.2, -0.15) is 5.10 Å². The Morgan fingerprint density at radius 3 is 2.56 bits per heavy atom. The van der Waals surface area contributed by atoms with Crippen LogP contribution in [0.3, 0.4) is 0 Å². The van der Waals surface area contributed by atoms with Crippen molar-refractivity contribution < 1.29 is 4.79 Å². The molecule has 0 aliphatic heterocycles. The Balaban J connectivity index is 0.00000225. The second-order valence-electron chi connectivity index (χ2n) is 6.91. The van der Waals surface area contributed by atoms with Gasteiger partial charge in [-0.3, -0.25) is 4.79 Å². The van der Waals surface area contributed by atoms with Gasteiger partial charge in [0, 0.05) is 27.8 Å². The second kappa shape index (κ2) is 7.89. The van der Waals surface area contributed by atoms with Crippen LogP contribution in [0.1, 0.15) is 48.4 Å². The zero-order valence-electron chi connectivity index (χ0n) is 14.5. The van der Waals surface area contributed by atoms with Crippen LogP contribution in [0.25, 0.3) is 5.69 Å². The highest BCUT2D eigenvalue weighted by atomic mass is 79.9. The Morgan fingerprint density at radius 2 is 1.92 bits per heavy atom. The van der Waals surface area contributed by atoms with Crippen molar-refractivity contribution >= 4 is 34.2 Å². The number of nitrogens with zero attached hydrogens (tertiary/aromatic N) is 2. The van der Waals surface area contributed by atoms with Gasteiger partial charge in [0.25, 0.3) is 5.91 Å². The van der Waals surface area contributed by atoms with Gasteiger partial charge in [-0.15, -0.1) is 12.4 Å². The molecular weight excluding hydrogens is 404 g/mol. The Morgan fingerprint density at radius 1 is 1.28 bits per heavy atom. The molecule has 0 fully saturated rings. The van der Waals surface area contributed by atoms with Gasteiger partial charge in [0.2, 0.25) is 0 Å². The summed E-state index contributed by atoms with van der Waals surface area (Å²) in [6, 6.07) is 8.00. The quantitative estimate of drug-likeness (QED) is 0.785. The number of halogens is 2. The third-order valence-corrected chi connectivity index (χ3v) is 4.96. The molecule has 0 atom stereocenters. The molecular formula is C18H24BrClN4O. The molecule has 2 aromatic rings. The lowest BCUT2D eigenvalue weighted by molar-refractivity contribution is 0.0909. The minimum absolute atomic E-state index is 0. The normalized spacial score (nSPS) is 13.8. The van der Waals surface area contributed by atoms with E-state index in [-0.39, 0.29) is 18.3 Å². The van der Waals surface area contributed by atoms with Gasteiger partial charge in [0.15, 0.2) is 5.69 Å². The Hall–Kier alpha value is -1.37. The van der Waals surface area contributed by atoms with Crippen molar-refractivity contribution in [2.24, 2.45) is 5.73 Å². The fraction of sp³-hybridized carbons (Fsp3) is 0.444. The minimum Gasteiger partial charge on any atom is -0.344 e. The lowest BCUT2D eigenvalue weighted by Crippen LogP contribution is -2.49. The molecule has 1 aliphatic carbocycles. The Bertz CT molecular complexity index is 755. The summed E-state index contributed by atoms with van der Waals surface area (Å²) in [5.41, 5.74) is 9.04. The molecule has 1 heterocycles. The number of nitrogens with two attached hydrogens (primary N) is 1. The van der Waals surface area contributed by atoms with E-state index in [2.05, 4.69) is 26.3 Å². The van der Waals surface area contributed by atoms with E-state index in [1.807, 2.05) is 42.8 Å². The monoisotopic (exact) mass is 426 g/mol. The van der Waals surface area contributed by atoms with E-state index in [0.717, 1.165) is 47.1 Å². The lowest BCUT2D eigenvalue weighted by atomic mass is 9.95. The van der Waals surface area contributed by atoms with Crippen LogP contribution in [0.5, 0.6) is 0 Å². The van der Waals surface area contributed by atoms with Crippen LogP contribution in [0.2, 0.25) is 0 Å². The number of rotatable bonds is 4. The summed E-state index contributed by atoms with van der Waals surface area (Å²) >= 11 is 3.46. The topological polar surface area (TPSA) is 72.9 Å². The number of fused-ring (bicyclic) bond motifs is 1. The van der Waals surface area contributed by atoms with E-state index in [0.29, 0.717) is 12.2 Å².